The zero-order chi connectivity index (χ0) is 15.4. The van der Waals surface area contributed by atoms with Gasteiger partial charge in [0.25, 0.3) is 0 Å². The normalized spacial score (nSPS) is 12.0. The molecule has 110 valence electrons. The lowest BCUT2D eigenvalue weighted by Crippen LogP contribution is -2.18. The summed E-state index contributed by atoms with van der Waals surface area (Å²) in [5, 5.41) is 13.7. The molecular formula is C16H19N3OS. The first-order valence-electron chi connectivity index (χ1n) is 6.79. The predicted octanol–water partition coefficient (Wildman–Crippen LogP) is 3.49. The molecule has 0 bridgehead atoms. The van der Waals surface area contributed by atoms with Gasteiger partial charge in [-0.1, -0.05) is 6.07 Å². The van der Waals surface area contributed by atoms with Crippen LogP contribution in [0, 0.1) is 25.2 Å². The van der Waals surface area contributed by atoms with Gasteiger partial charge >= 0.3 is 0 Å². The van der Waals surface area contributed by atoms with Gasteiger partial charge in [0.15, 0.2) is 0 Å². The van der Waals surface area contributed by atoms with Crippen LogP contribution in [0.15, 0.2) is 18.2 Å². The number of aromatic nitrogens is 1. The van der Waals surface area contributed by atoms with E-state index < -0.39 is 0 Å². The second kappa shape index (κ2) is 6.70. The Morgan fingerprint density at radius 2 is 2.19 bits per heavy atom. The van der Waals surface area contributed by atoms with Crippen LogP contribution in [0.25, 0.3) is 0 Å². The molecule has 2 aromatic rings. The molecular weight excluding hydrogens is 282 g/mol. The van der Waals surface area contributed by atoms with E-state index in [4.69, 9.17) is 10.00 Å². The van der Waals surface area contributed by atoms with Crippen LogP contribution in [-0.2, 0) is 6.54 Å². The van der Waals surface area contributed by atoms with Gasteiger partial charge in [-0.05, 0) is 38.5 Å². The van der Waals surface area contributed by atoms with E-state index in [9.17, 15) is 0 Å². The average Bonchev–Trinajstić information content (AvgIpc) is 2.83. The minimum Gasteiger partial charge on any atom is -0.495 e. The molecule has 0 amide bonds. The highest BCUT2D eigenvalue weighted by atomic mass is 32.1. The van der Waals surface area contributed by atoms with Gasteiger partial charge in [-0.2, -0.15) is 5.26 Å². The minimum atomic E-state index is 0.240. The highest BCUT2D eigenvalue weighted by Gasteiger charge is 2.12. The number of rotatable bonds is 5. The van der Waals surface area contributed by atoms with E-state index in [1.807, 2.05) is 32.0 Å². The number of thiazole rings is 1. The number of nitrogens with zero attached hydrogens (tertiary/aromatic N) is 2. The van der Waals surface area contributed by atoms with Crippen molar-refractivity contribution >= 4 is 11.3 Å². The van der Waals surface area contributed by atoms with Crippen molar-refractivity contribution < 1.29 is 4.74 Å². The number of methoxy groups -OCH3 is 1. The molecule has 1 aromatic carbocycles. The maximum absolute atomic E-state index is 9.11. The summed E-state index contributed by atoms with van der Waals surface area (Å²) in [4.78, 5) is 5.72. The molecule has 1 unspecified atom stereocenters. The minimum absolute atomic E-state index is 0.240. The predicted molar refractivity (Wildman–Crippen MR) is 84.6 cm³/mol. The first-order chi connectivity index (χ1) is 10.0. The van der Waals surface area contributed by atoms with Crippen LogP contribution in [0.5, 0.6) is 5.75 Å². The summed E-state index contributed by atoms with van der Waals surface area (Å²) in [5.41, 5.74) is 2.72. The van der Waals surface area contributed by atoms with E-state index in [0.717, 1.165) is 16.3 Å². The summed E-state index contributed by atoms with van der Waals surface area (Å²) in [6.45, 7) is 6.90. The molecule has 0 fully saturated rings. The molecule has 1 N–H and O–H groups in total. The summed E-state index contributed by atoms with van der Waals surface area (Å²) in [7, 11) is 1.57. The van der Waals surface area contributed by atoms with E-state index in [1.165, 1.54) is 4.88 Å². The Kier molecular flexibility index (Phi) is 4.94. The SMILES string of the molecule is COc1ccc(CNC(C)c2sc(C)nc2C)cc1C#N. The molecule has 1 aromatic heterocycles. The molecule has 1 atom stereocenters. The Morgan fingerprint density at radius 1 is 1.43 bits per heavy atom. The highest BCUT2D eigenvalue weighted by molar-refractivity contribution is 7.11. The fraction of sp³-hybridized carbons (Fsp3) is 0.375. The maximum Gasteiger partial charge on any atom is 0.136 e. The van der Waals surface area contributed by atoms with Gasteiger partial charge in [-0.25, -0.2) is 4.98 Å². The van der Waals surface area contributed by atoms with Gasteiger partial charge < -0.3 is 10.1 Å². The van der Waals surface area contributed by atoms with Gasteiger partial charge in [-0.3, -0.25) is 0 Å². The van der Waals surface area contributed by atoms with Crippen molar-refractivity contribution in [3.63, 3.8) is 0 Å². The van der Waals surface area contributed by atoms with Crippen LogP contribution < -0.4 is 10.1 Å². The summed E-state index contributed by atoms with van der Waals surface area (Å²) < 4.78 is 5.16. The second-order valence-corrected chi connectivity index (χ2v) is 6.17. The molecule has 0 saturated carbocycles. The Hall–Kier alpha value is -1.90. The summed E-state index contributed by atoms with van der Waals surface area (Å²) >= 11 is 1.73. The van der Waals surface area contributed by atoms with E-state index in [0.29, 0.717) is 17.9 Å². The van der Waals surface area contributed by atoms with Gasteiger partial charge in [-0.15, -0.1) is 11.3 Å². The number of nitriles is 1. The van der Waals surface area contributed by atoms with Crippen molar-refractivity contribution in [1.82, 2.24) is 10.3 Å². The molecule has 2 rings (SSSR count). The van der Waals surface area contributed by atoms with Crippen molar-refractivity contribution in [3.8, 4) is 11.8 Å². The first kappa shape index (κ1) is 15.5. The van der Waals surface area contributed by atoms with Gasteiger partial charge in [0, 0.05) is 17.5 Å². The van der Waals surface area contributed by atoms with Crippen molar-refractivity contribution in [2.24, 2.45) is 0 Å². The third-order valence-electron chi connectivity index (χ3n) is 3.33. The number of ether oxygens (including phenoxy) is 1. The Balaban J connectivity index is 2.06. The molecule has 0 radical (unpaired) electrons. The number of hydrogen-bond acceptors (Lipinski definition) is 5. The van der Waals surface area contributed by atoms with Crippen LogP contribution in [0.4, 0.5) is 0 Å². The standard InChI is InChI=1S/C16H19N3OS/c1-10(16-11(2)19-12(3)21-16)18-9-13-5-6-15(20-4)14(7-13)8-17/h5-7,10,18H,9H2,1-4H3. The fourth-order valence-corrected chi connectivity index (χ4v) is 3.22. The third-order valence-corrected chi connectivity index (χ3v) is 4.58. The van der Waals surface area contributed by atoms with Gasteiger partial charge in [0.05, 0.1) is 23.4 Å². The van der Waals surface area contributed by atoms with E-state index in [-0.39, 0.29) is 6.04 Å². The quantitative estimate of drug-likeness (QED) is 0.918. The third kappa shape index (κ3) is 3.60. The number of hydrogen-bond donors (Lipinski definition) is 1. The highest BCUT2D eigenvalue weighted by Crippen LogP contribution is 2.25. The van der Waals surface area contributed by atoms with Crippen molar-refractivity contribution in [3.05, 3.63) is 44.9 Å². The molecule has 0 saturated heterocycles. The molecule has 1 heterocycles. The monoisotopic (exact) mass is 301 g/mol. The summed E-state index contributed by atoms with van der Waals surface area (Å²) in [5.74, 6) is 0.614. The fourth-order valence-electron chi connectivity index (χ4n) is 2.26. The first-order valence-corrected chi connectivity index (χ1v) is 7.61. The molecule has 0 aliphatic carbocycles. The molecule has 0 aliphatic rings. The van der Waals surface area contributed by atoms with Crippen LogP contribution in [-0.4, -0.2) is 12.1 Å². The van der Waals surface area contributed by atoms with E-state index >= 15 is 0 Å². The largest absolute Gasteiger partial charge is 0.495 e. The maximum atomic E-state index is 9.11. The zero-order valence-electron chi connectivity index (χ0n) is 12.7. The van der Waals surface area contributed by atoms with Crippen LogP contribution in [0.3, 0.4) is 0 Å². The smallest absolute Gasteiger partial charge is 0.136 e. The van der Waals surface area contributed by atoms with E-state index in [1.54, 1.807) is 18.4 Å². The van der Waals surface area contributed by atoms with Gasteiger partial charge in [0.1, 0.15) is 11.8 Å². The molecule has 21 heavy (non-hydrogen) atoms. The lowest BCUT2D eigenvalue weighted by molar-refractivity contribution is 0.413. The number of aryl methyl sites for hydroxylation is 2. The number of benzene rings is 1. The molecule has 0 aliphatic heterocycles. The Bertz CT molecular complexity index is 673. The van der Waals surface area contributed by atoms with Crippen LogP contribution in [0.1, 0.15) is 39.7 Å². The van der Waals surface area contributed by atoms with Crippen molar-refractivity contribution in [2.75, 3.05) is 7.11 Å². The summed E-state index contributed by atoms with van der Waals surface area (Å²) in [6, 6.07) is 8.07. The Labute approximate surface area is 129 Å². The Morgan fingerprint density at radius 3 is 2.76 bits per heavy atom. The lowest BCUT2D eigenvalue weighted by Gasteiger charge is -2.13. The lowest BCUT2D eigenvalue weighted by atomic mass is 10.1. The topological polar surface area (TPSA) is 57.9 Å². The van der Waals surface area contributed by atoms with Crippen molar-refractivity contribution in [2.45, 2.75) is 33.4 Å². The van der Waals surface area contributed by atoms with Crippen LogP contribution in [0.2, 0.25) is 0 Å². The van der Waals surface area contributed by atoms with Crippen LogP contribution >= 0.6 is 11.3 Å². The molecule has 4 nitrogen and oxygen atoms in total. The molecule has 0 spiro atoms. The van der Waals surface area contributed by atoms with Gasteiger partial charge in [0.2, 0.25) is 0 Å². The van der Waals surface area contributed by atoms with Crippen molar-refractivity contribution in [1.29, 1.82) is 5.26 Å². The molecule has 5 heteroatoms. The van der Waals surface area contributed by atoms with E-state index in [2.05, 4.69) is 23.3 Å². The number of nitrogens with one attached hydrogen (secondary N) is 1. The second-order valence-electron chi connectivity index (χ2n) is 4.93. The summed E-state index contributed by atoms with van der Waals surface area (Å²) in [6.07, 6.45) is 0. The zero-order valence-corrected chi connectivity index (χ0v) is 13.5. The average molecular weight is 301 g/mol.